The third kappa shape index (κ3) is 7.32. The fourth-order valence-corrected chi connectivity index (χ4v) is 8.03. The average Bonchev–Trinajstić information content (AvgIpc) is 3.67. The molecule has 272 valence electrons. The molecule has 14 nitrogen and oxygen atoms in total. The van der Waals surface area contributed by atoms with Crippen LogP contribution in [0.1, 0.15) is 75.0 Å². The number of aromatic nitrogens is 3. The summed E-state index contributed by atoms with van der Waals surface area (Å²) < 4.78 is 5.87. The maximum absolute atomic E-state index is 13.6. The lowest BCUT2D eigenvalue weighted by Gasteiger charge is -2.38. The molecule has 3 fully saturated rings. The van der Waals surface area contributed by atoms with E-state index >= 15 is 0 Å². The second kappa shape index (κ2) is 15.1. The number of nitrogens with one attached hydrogen (secondary N) is 2. The molecule has 2 aromatic heterocycles. The number of piperidine rings is 1. The number of nitrogens with zero attached hydrogens (tertiary/aromatic N) is 6. The van der Waals surface area contributed by atoms with Crippen LogP contribution >= 0.6 is 0 Å². The standard InChI is InChI=1S/C38H44N8O6/c1-23(47)35-36(50)33(24-6-3-4-7-24)34-29(44(35)2)22-40-38(43-34)41-30-12-10-26(21-39-30)45-15-17-46(18-16-45)32(49)14-19-52-27-9-5-8-25(20-27)28-11-13-31(48)42-37(28)51/h5,8-10,12,20-22,24,28,33,35H,3-4,6-7,11,13-19H2,1-2H3,(H,42,48,51)(H,39,40,41,43). The number of anilines is 4. The van der Waals surface area contributed by atoms with E-state index in [1.165, 1.54) is 6.92 Å². The smallest absolute Gasteiger partial charge is 0.234 e. The van der Waals surface area contributed by atoms with E-state index in [-0.39, 0.29) is 48.2 Å². The Kier molecular flexibility index (Phi) is 10.1. The summed E-state index contributed by atoms with van der Waals surface area (Å²) in [6, 6.07) is 10.3. The number of carbonyl (C=O) groups excluding carboxylic acids is 5. The Hall–Kier alpha value is -5.40. The molecule has 2 N–H and O–H groups in total. The van der Waals surface area contributed by atoms with E-state index in [0.29, 0.717) is 67.9 Å². The van der Waals surface area contributed by atoms with Gasteiger partial charge in [-0.15, -0.1) is 0 Å². The summed E-state index contributed by atoms with van der Waals surface area (Å²) in [5, 5.41) is 5.58. The second-order valence-electron chi connectivity index (χ2n) is 14.1. The number of amides is 3. The summed E-state index contributed by atoms with van der Waals surface area (Å²) in [5.41, 5.74) is 3.11. The molecule has 1 aromatic carbocycles. The molecule has 1 aliphatic carbocycles. The number of piperazine rings is 1. The number of hydrogen-bond donors (Lipinski definition) is 2. The Labute approximate surface area is 302 Å². The highest BCUT2D eigenvalue weighted by Crippen LogP contribution is 2.44. The largest absolute Gasteiger partial charge is 0.493 e. The first kappa shape index (κ1) is 35.0. The minimum atomic E-state index is -0.813. The van der Waals surface area contributed by atoms with E-state index in [4.69, 9.17) is 9.72 Å². The molecular formula is C38H44N8O6. The first-order chi connectivity index (χ1) is 25.2. The van der Waals surface area contributed by atoms with Gasteiger partial charge in [0.1, 0.15) is 17.6 Å². The highest BCUT2D eigenvalue weighted by Gasteiger charge is 2.46. The van der Waals surface area contributed by atoms with Gasteiger partial charge in [-0.1, -0.05) is 25.0 Å². The number of ketones is 2. The molecule has 3 atom stereocenters. The third-order valence-electron chi connectivity index (χ3n) is 10.8. The fourth-order valence-electron chi connectivity index (χ4n) is 8.03. The number of ether oxygens (including phenoxy) is 1. The maximum atomic E-state index is 13.6. The van der Waals surface area contributed by atoms with Crippen LogP contribution in [-0.2, 0) is 24.0 Å². The van der Waals surface area contributed by atoms with Gasteiger partial charge in [0.05, 0.1) is 54.3 Å². The molecule has 4 aliphatic rings. The molecule has 0 radical (unpaired) electrons. The zero-order valence-corrected chi connectivity index (χ0v) is 29.5. The highest BCUT2D eigenvalue weighted by atomic mass is 16.5. The van der Waals surface area contributed by atoms with E-state index in [1.807, 2.05) is 29.2 Å². The van der Waals surface area contributed by atoms with Crippen molar-refractivity contribution in [2.24, 2.45) is 5.92 Å². The molecule has 7 rings (SSSR count). The van der Waals surface area contributed by atoms with Gasteiger partial charge in [0.2, 0.25) is 23.7 Å². The van der Waals surface area contributed by atoms with E-state index in [9.17, 15) is 24.0 Å². The number of hydrogen-bond acceptors (Lipinski definition) is 12. The Bertz CT molecular complexity index is 1850. The normalized spacial score (nSPS) is 22.2. The van der Waals surface area contributed by atoms with E-state index < -0.39 is 17.9 Å². The van der Waals surface area contributed by atoms with Crippen LogP contribution in [0.5, 0.6) is 5.75 Å². The predicted octanol–water partition coefficient (Wildman–Crippen LogP) is 3.50. The lowest BCUT2D eigenvalue weighted by molar-refractivity contribution is -0.135. The van der Waals surface area contributed by atoms with Gasteiger partial charge in [0.25, 0.3) is 0 Å². The quantitative estimate of drug-likeness (QED) is 0.233. The van der Waals surface area contributed by atoms with Crippen molar-refractivity contribution >= 4 is 52.4 Å². The number of Topliss-reactive ketones (excluding diaryl/α,β-unsaturated/α-hetero) is 2. The van der Waals surface area contributed by atoms with Gasteiger partial charge in [-0.05, 0) is 61.9 Å². The summed E-state index contributed by atoms with van der Waals surface area (Å²) in [6.07, 6.45) is 8.52. The molecule has 3 amide bonds. The van der Waals surface area contributed by atoms with Crippen molar-refractivity contribution < 1.29 is 28.7 Å². The van der Waals surface area contributed by atoms with Crippen molar-refractivity contribution in [2.75, 3.05) is 55.0 Å². The minimum absolute atomic E-state index is 0.0172. The topological polar surface area (TPSA) is 167 Å². The van der Waals surface area contributed by atoms with Crippen molar-refractivity contribution in [3.05, 3.63) is 60.0 Å². The SMILES string of the molecule is CC(=O)C1C(=O)C(C2CCCC2)c2nc(Nc3ccc(N4CCN(C(=O)CCOc5cccc(C6CCC(=O)NC6=O)c5)CC4)cn3)ncc2N1C. The number of likely N-dealkylation sites (N-methyl/N-ethyl adjacent to an activating group) is 1. The van der Waals surface area contributed by atoms with Crippen LogP contribution < -0.4 is 25.2 Å². The van der Waals surface area contributed by atoms with Crippen molar-refractivity contribution in [3.8, 4) is 5.75 Å². The molecule has 2 saturated heterocycles. The van der Waals surface area contributed by atoms with Gasteiger partial charge in [0.15, 0.2) is 11.6 Å². The summed E-state index contributed by atoms with van der Waals surface area (Å²) >= 11 is 0. The van der Waals surface area contributed by atoms with Gasteiger partial charge in [-0.3, -0.25) is 29.3 Å². The van der Waals surface area contributed by atoms with Crippen molar-refractivity contribution in [3.63, 3.8) is 0 Å². The average molecular weight is 709 g/mol. The number of carbonyl (C=O) groups is 5. The number of benzene rings is 1. The zero-order chi connectivity index (χ0) is 36.4. The van der Waals surface area contributed by atoms with Gasteiger partial charge in [-0.25, -0.2) is 15.0 Å². The minimum Gasteiger partial charge on any atom is -0.493 e. The number of pyridine rings is 1. The predicted molar refractivity (Wildman–Crippen MR) is 193 cm³/mol. The van der Waals surface area contributed by atoms with Crippen LogP contribution in [0.4, 0.5) is 23.1 Å². The van der Waals surface area contributed by atoms with Gasteiger partial charge in [-0.2, -0.15) is 0 Å². The molecule has 0 bridgehead atoms. The molecule has 1 saturated carbocycles. The van der Waals surface area contributed by atoms with Crippen LogP contribution in [0.15, 0.2) is 48.8 Å². The Morgan fingerprint density at radius 3 is 2.48 bits per heavy atom. The Morgan fingerprint density at radius 2 is 1.77 bits per heavy atom. The first-order valence-electron chi connectivity index (χ1n) is 18.1. The maximum Gasteiger partial charge on any atom is 0.234 e. The number of imide groups is 1. The lowest BCUT2D eigenvalue weighted by Crippen LogP contribution is -2.51. The molecule has 0 spiro atoms. The van der Waals surface area contributed by atoms with Crippen LogP contribution in [0.25, 0.3) is 0 Å². The first-order valence-corrected chi connectivity index (χ1v) is 18.1. The second-order valence-corrected chi connectivity index (χ2v) is 14.1. The van der Waals surface area contributed by atoms with Crippen LogP contribution in [-0.4, -0.2) is 95.0 Å². The Balaban J connectivity index is 0.909. The molecule has 14 heteroatoms. The molecule has 3 unspecified atom stereocenters. The summed E-state index contributed by atoms with van der Waals surface area (Å²) in [6.45, 7) is 4.16. The molecule has 5 heterocycles. The fraction of sp³-hybridized carbons (Fsp3) is 0.474. The van der Waals surface area contributed by atoms with Crippen molar-refractivity contribution in [2.45, 2.75) is 69.7 Å². The van der Waals surface area contributed by atoms with Gasteiger partial charge in [0, 0.05) is 39.6 Å². The molecule has 3 aromatic rings. The van der Waals surface area contributed by atoms with Crippen molar-refractivity contribution in [1.29, 1.82) is 0 Å². The number of rotatable bonds is 10. The van der Waals surface area contributed by atoms with Crippen LogP contribution in [0.3, 0.4) is 0 Å². The van der Waals surface area contributed by atoms with Gasteiger partial charge < -0.3 is 24.8 Å². The monoisotopic (exact) mass is 708 g/mol. The lowest BCUT2D eigenvalue weighted by atomic mass is 9.77. The third-order valence-corrected chi connectivity index (χ3v) is 10.8. The highest BCUT2D eigenvalue weighted by molar-refractivity contribution is 6.12. The summed E-state index contributed by atoms with van der Waals surface area (Å²) in [4.78, 5) is 82.5. The molecular weight excluding hydrogens is 664 g/mol. The molecule has 52 heavy (non-hydrogen) atoms. The van der Waals surface area contributed by atoms with E-state index in [0.717, 1.165) is 36.9 Å². The van der Waals surface area contributed by atoms with Crippen LogP contribution in [0.2, 0.25) is 0 Å². The van der Waals surface area contributed by atoms with E-state index in [2.05, 4.69) is 25.5 Å². The summed E-state index contributed by atoms with van der Waals surface area (Å²) in [7, 11) is 1.75. The van der Waals surface area contributed by atoms with Crippen molar-refractivity contribution in [1.82, 2.24) is 25.2 Å². The zero-order valence-electron chi connectivity index (χ0n) is 29.5. The van der Waals surface area contributed by atoms with Gasteiger partial charge >= 0.3 is 0 Å². The summed E-state index contributed by atoms with van der Waals surface area (Å²) in [5.74, 6) is 0.0790. The number of fused-ring (bicyclic) bond motifs is 1. The van der Waals surface area contributed by atoms with E-state index in [1.54, 1.807) is 36.5 Å². The molecule has 3 aliphatic heterocycles. The van der Waals surface area contributed by atoms with Crippen LogP contribution in [0, 0.1) is 5.92 Å². The Morgan fingerprint density at radius 1 is 0.981 bits per heavy atom.